The Morgan fingerprint density at radius 2 is 1.68 bits per heavy atom. The van der Waals surface area contributed by atoms with Crippen LogP contribution in [-0.2, 0) is 6.42 Å². The third-order valence-electron chi connectivity index (χ3n) is 5.55. The van der Waals surface area contributed by atoms with Crippen LogP contribution in [0.3, 0.4) is 0 Å². The molecule has 0 amide bonds. The van der Waals surface area contributed by atoms with E-state index in [4.69, 9.17) is 9.47 Å². The van der Waals surface area contributed by atoms with E-state index in [0.29, 0.717) is 5.92 Å². The largest absolute Gasteiger partial charge is 0.496 e. The smallest absolute Gasteiger partial charge is 0.127 e. The maximum atomic E-state index is 6.29. The molecule has 1 heterocycles. The van der Waals surface area contributed by atoms with Crippen molar-refractivity contribution in [1.82, 2.24) is 0 Å². The van der Waals surface area contributed by atoms with Crippen molar-refractivity contribution in [3.63, 3.8) is 0 Å². The second-order valence-corrected chi connectivity index (χ2v) is 9.84. The standard InChI is InChI=1S/C28H40O2S/c1-7-10-25-15-16-26(31-25)14-13-24-20-27(29-6)23(8-2)19-28(24)30-18-17-22(5)12-9-11-21(3)4/h7,10,13-16,19-22H,8-9,11-12,17-18H2,1-6H3/b10-7+,14-13+. The predicted octanol–water partition coefficient (Wildman–Crippen LogP) is 8.75. The van der Waals surface area contributed by atoms with Crippen molar-refractivity contribution in [1.29, 1.82) is 0 Å². The first-order chi connectivity index (χ1) is 15.0. The van der Waals surface area contributed by atoms with Crippen molar-refractivity contribution in [2.24, 2.45) is 11.8 Å². The number of rotatable bonds is 13. The van der Waals surface area contributed by atoms with Crippen LogP contribution in [0.2, 0.25) is 0 Å². The number of thiophene rings is 1. The molecule has 2 nitrogen and oxygen atoms in total. The minimum absolute atomic E-state index is 0.692. The quantitative estimate of drug-likeness (QED) is 0.310. The minimum atomic E-state index is 0.692. The Morgan fingerprint density at radius 3 is 2.32 bits per heavy atom. The average molecular weight is 441 g/mol. The molecule has 1 atom stereocenters. The van der Waals surface area contributed by atoms with Crippen LogP contribution < -0.4 is 9.47 Å². The molecule has 0 aliphatic rings. The molecule has 0 saturated carbocycles. The van der Waals surface area contributed by atoms with E-state index in [1.807, 2.05) is 6.92 Å². The number of ether oxygens (including phenoxy) is 2. The molecule has 0 spiro atoms. The topological polar surface area (TPSA) is 18.5 Å². The van der Waals surface area contributed by atoms with Gasteiger partial charge in [-0.2, -0.15) is 0 Å². The van der Waals surface area contributed by atoms with E-state index in [1.165, 1.54) is 34.6 Å². The Balaban J connectivity index is 2.10. The van der Waals surface area contributed by atoms with Gasteiger partial charge in [0.15, 0.2) is 0 Å². The van der Waals surface area contributed by atoms with Gasteiger partial charge in [0.1, 0.15) is 11.5 Å². The Hall–Kier alpha value is -2.00. The molecule has 0 radical (unpaired) electrons. The number of aryl methyl sites for hydroxylation is 1. The first-order valence-corrected chi connectivity index (χ1v) is 12.5. The molecule has 170 valence electrons. The van der Waals surface area contributed by atoms with Crippen molar-refractivity contribution >= 4 is 29.6 Å². The second-order valence-electron chi connectivity index (χ2n) is 8.70. The van der Waals surface area contributed by atoms with E-state index >= 15 is 0 Å². The highest BCUT2D eigenvalue weighted by atomic mass is 32.1. The van der Waals surface area contributed by atoms with E-state index in [9.17, 15) is 0 Å². The van der Waals surface area contributed by atoms with Gasteiger partial charge in [0.05, 0.1) is 13.7 Å². The maximum absolute atomic E-state index is 6.29. The summed E-state index contributed by atoms with van der Waals surface area (Å²) in [6, 6.07) is 8.58. The molecule has 1 aromatic heterocycles. The van der Waals surface area contributed by atoms with Crippen molar-refractivity contribution in [3.05, 3.63) is 51.2 Å². The Morgan fingerprint density at radius 1 is 0.935 bits per heavy atom. The van der Waals surface area contributed by atoms with Crippen LogP contribution in [0.15, 0.2) is 30.3 Å². The molecular weight excluding hydrogens is 400 g/mol. The highest BCUT2D eigenvalue weighted by Gasteiger charge is 2.11. The molecule has 1 aromatic carbocycles. The van der Waals surface area contributed by atoms with Gasteiger partial charge in [-0.15, -0.1) is 11.3 Å². The number of allylic oxidation sites excluding steroid dienone is 1. The Bertz CT molecular complexity index is 845. The lowest BCUT2D eigenvalue weighted by Gasteiger charge is -2.16. The van der Waals surface area contributed by atoms with E-state index in [0.717, 1.165) is 42.4 Å². The molecule has 0 aliphatic carbocycles. The molecule has 2 aromatic rings. The van der Waals surface area contributed by atoms with Crippen molar-refractivity contribution < 1.29 is 9.47 Å². The van der Waals surface area contributed by atoms with Crippen LogP contribution in [0.1, 0.15) is 81.2 Å². The molecular formula is C28H40O2S. The molecule has 1 unspecified atom stereocenters. The van der Waals surface area contributed by atoms with Crippen LogP contribution >= 0.6 is 11.3 Å². The van der Waals surface area contributed by atoms with Gasteiger partial charge < -0.3 is 9.47 Å². The zero-order valence-electron chi connectivity index (χ0n) is 20.2. The monoisotopic (exact) mass is 440 g/mol. The van der Waals surface area contributed by atoms with E-state index in [-0.39, 0.29) is 0 Å². The summed E-state index contributed by atoms with van der Waals surface area (Å²) in [5, 5.41) is 0. The van der Waals surface area contributed by atoms with Gasteiger partial charge >= 0.3 is 0 Å². The van der Waals surface area contributed by atoms with Crippen LogP contribution in [0, 0.1) is 11.8 Å². The number of benzene rings is 1. The Kier molecular flexibility index (Phi) is 10.9. The van der Waals surface area contributed by atoms with Gasteiger partial charge in [0.25, 0.3) is 0 Å². The first kappa shape index (κ1) is 25.3. The normalized spacial score (nSPS) is 12.9. The number of methoxy groups -OCH3 is 1. The lowest BCUT2D eigenvalue weighted by molar-refractivity contribution is 0.274. The Labute approximate surface area is 194 Å². The van der Waals surface area contributed by atoms with Crippen LogP contribution in [0.5, 0.6) is 11.5 Å². The van der Waals surface area contributed by atoms with Crippen LogP contribution in [-0.4, -0.2) is 13.7 Å². The summed E-state index contributed by atoms with van der Waals surface area (Å²) < 4.78 is 11.9. The summed E-state index contributed by atoms with van der Waals surface area (Å²) in [7, 11) is 1.74. The lowest BCUT2D eigenvalue weighted by Crippen LogP contribution is -2.06. The van der Waals surface area contributed by atoms with Gasteiger partial charge in [-0.3, -0.25) is 0 Å². The van der Waals surface area contributed by atoms with E-state index in [2.05, 4.69) is 76.3 Å². The van der Waals surface area contributed by atoms with Crippen LogP contribution in [0.25, 0.3) is 18.2 Å². The zero-order chi connectivity index (χ0) is 22.6. The fourth-order valence-electron chi connectivity index (χ4n) is 3.61. The molecule has 0 fully saturated rings. The summed E-state index contributed by atoms with van der Waals surface area (Å²) in [6.45, 7) is 11.9. The van der Waals surface area contributed by atoms with Gasteiger partial charge in [-0.25, -0.2) is 0 Å². The molecule has 0 bridgehead atoms. The third-order valence-corrected chi connectivity index (χ3v) is 6.56. The summed E-state index contributed by atoms with van der Waals surface area (Å²) in [5.41, 5.74) is 2.26. The maximum Gasteiger partial charge on any atom is 0.127 e. The van der Waals surface area contributed by atoms with Gasteiger partial charge in [-0.1, -0.05) is 53.0 Å². The van der Waals surface area contributed by atoms with E-state index in [1.54, 1.807) is 18.4 Å². The predicted molar refractivity (Wildman–Crippen MR) is 138 cm³/mol. The highest BCUT2D eigenvalue weighted by molar-refractivity contribution is 7.13. The fraction of sp³-hybridized carbons (Fsp3) is 0.500. The lowest BCUT2D eigenvalue weighted by atomic mass is 9.97. The van der Waals surface area contributed by atoms with Crippen molar-refractivity contribution in [3.8, 4) is 11.5 Å². The molecule has 0 saturated heterocycles. The summed E-state index contributed by atoms with van der Waals surface area (Å²) in [6.07, 6.45) is 14.4. The van der Waals surface area contributed by atoms with Gasteiger partial charge in [0, 0.05) is 15.3 Å². The minimum Gasteiger partial charge on any atom is -0.496 e. The molecule has 3 heteroatoms. The van der Waals surface area contributed by atoms with Gasteiger partial charge in [0.2, 0.25) is 0 Å². The molecule has 2 rings (SSSR count). The zero-order valence-corrected chi connectivity index (χ0v) is 21.1. The second kappa shape index (κ2) is 13.4. The van der Waals surface area contributed by atoms with Gasteiger partial charge in [-0.05, 0) is 79.7 Å². The molecule has 31 heavy (non-hydrogen) atoms. The molecule has 0 N–H and O–H groups in total. The average Bonchev–Trinajstić information content (AvgIpc) is 3.19. The summed E-state index contributed by atoms with van der Waals surface area (Å²) >= 11 is 1.79. The van der Waals surface area contributed by atoms with Crippen LogP contribution in [0.4, 0.5) is 0 Å². The number of hydrogen-bond donors (Lipinski definition) is 0. The number of hydrogen-bond acceptors (Lipinski definition) is 3. The fourth-order valence-corrected chi connectivity index (χ4v) is 4.50. The van der Waals surface area contributed by atoms with Crippen molar-refractivity contribution in [2.75, 3.05) is 13.7 Å². The SMILES string of the molecule is C/C=C/c1ccc(/C=C/c2cc(OC)c(CC)cc2OCCC(C)CCCC(C)C)s1. The summed E-state index contributed by atoms with van der Waals surface area (Å²) in [4.78, 5) is 2.50. The first-order valence-electron chi connectivity index (χ1n) is 11.7. The molecule has 0 aliphatic heterocycles. The highest BCUT2D eigenvalue weighted by Crippen LogP contribution is 2.32. The van der Waals surface area contributed by atoms with Crippen molar-refractivity contribution in [2.45, 2.75) is 66.7 Å². The third kappa shape index (κ3) is 8.57. The van der Waals surface area contributed by atoms with E-state index < -0.39 is 0 Å². The summed E-state index contributed by atoms with van der Waals surface area (Å²) in [5.74, 6) is 3.37.